The van der Waals surface area contributed by atoms with Gasteiger partial charge in [0.15, 0.2) is 0 Å². The van der Waals surface area contributed by atoms with E-state index in [2.05, 4.69) is 4.40 Å². The Hall–Kier alpha value is -1.89. The van der Waals surface area contributed by atoms with Gasteiger partial charge in [0.05, 0.1) is 11.5 Å². The first-order valence-corrected chi connectivity index (χ1v) is 7.48. The van der Waals surface area contributed by atoms with E-state index in [1.807, 2.05) is 6.92 Å². The highest BCUT2D eigenvalue weighted by molar-refractivity contribution is 7.90. The van der Waals surface area contributed by atoms with Gasteiger partial charge in [-0.2, -0.15) is 8.42 Å². The fourth-order valence-electron chi connectivity index (χ4n) is 1.37. The molecule has 0 atom stereocenters. The van der Waals surface area contributed by atoms with Crippen LogP contribution in [0.15, 0.2) is 33.6 Å². The second-order valence-corrected chi connectivity index (χ2v) is 5.92. The first-order valence-electron chi connectivity index (χ1n) is 6.04. The van der Waals surface area contributed by atoms with Gasteiger partial charge in [0.25, 0.3) is 10.0 Å². The van der Waals surface area contributed by atoms with Crippen LogP contribution in [0, 0.1) is 6.92 Å². The number of hydrogen-bond acceptors (Lipinski definition) is 4. The lowest BCUT2D eigenvalue weighted by atomic mass is 10.2. The van der Waals surface area contributed by atoms with E-state index in [0.717, 1.165) is 5.56 Å². The Bertz CT molecular complexity index is 604. The van der Waals surface area contributed by atoms with Crippen LogP contribution in [-0.2, 0) is 19.6 Å². The number of carbonyl (C=O) groups excluding carboxylic acids is 1. The van der Waals surface area contributed by atoms with Crippen LogP contribution in [0.3, 0.4) is 0 Å². The molecule has 0 saturated heterocycles. The normalized spacial score (nSPS) is 12.1. The Kier molecular flexibility index (Phi) is 5.26. The average Bonchev–Trinajstić information content (AvgIpc) is 2.36. The molecule has 20 heavy (non-hydrogen) atoms. The predicted molar refractivity (Wildman–Crippen MR) is 76.1 cm³/mol. The Morgan fingerprint density at radius 2 is 1.80 bits per heavy atom. The van der Waals surface area contributed by atoms with Crippen molar-refractivity contribution >= 4 is 21.8 Å². The minimum Gasteiger partial charge on any atom is -0.460 e. The molecule has 0 radical (unpaired) electrons. The molecule has 0 aliphatic rings. The maximum Gasteiger partial charge on any atom is 0.375 e. The van der Waals surface area contributed by atoms with Crippen LogP contribution >= 0.6 is 0 Å². The number of likely N-dealkylation sites (N-methyl/N-ethyl adjacent to an activating group) is 1. The Balaban J connectivity index is 3.21. The van der Waals surface area contributed by atoms with E-state index >= 15 is 0 Å². The molecule has 0 spiro atoms. The minimum absolute atomic E-state index is 0.0340. The number of hydrogen-bond donors (Lipinski definition) is 0. The second-order valence-electron chi connectivity index (χ2n) is 4.32. The van der Waals surface area contributed by atoms with Gasteiger partial charge in [0, 0.05) is 14.1 Å². The summed E-state index contributed by atoms with van der Waals surface area (Å²) in [5, 5.41) is 0. The van der Waals surface area contributed by atoms with Gasteiger partial charge < -0.3 is 9.64 Å². The fourth-order valence-corrected chi connectivity index (χ4v) is 2.42. The number of amidine groups is 1. The van der Waals surface area contributed by atoms with E-state index in [9.17, 15) is 13.2 Å². The predicted octanol–water partition coefficient (Wildman–Crippen LogP) is 1.21. The van der Waals surface area contributed by atoms with Crippen molar-refractivity contribution in [3.05, 3.63) is 29.8 Å². The third-order valence-electron chi connectivity index (χ3n) is 2.41. The monoisotopic (exact) mass is 298 g/mol. The van der Waals surface area contributed by atoms with E-state index in [4.69, 9.17) is 4.74 Å². The molecule has 0 aliphatic carbocycles. The quantitative estimate of drug-likeness (QED) is 0.476. The second kappa shape index (κ2) is 6.51. The Morgan fingerprint density at radius 1 is 1.25 bits per heavy atom. The maximum atomic E-state index is 12.1. The topological polar surface area (TPSA) is 76.0 Å². The standard InChI is InChI=1S/C13H18N2O4S/c1-5-19-13(16)12(15(3)4)14-20(17,18)11-8-6-10(2)7-9-11/h6-9H,5H2,1-4H3. The van der Waals surface area contributed by atoms with E-state index < -0.39 is 16.0 Å². The van der Waals surface area contributed by atoms with Gasteiger partial charge in [-0.25, -0.2) is 4.79 Å². The van der Waals surface area contributed by atoms with Crippen LogP contribution in [0.2, 0.25) is 0 Å². The number of ether oxygens (including phenoxy) is 1. The van der Waals surface area contributed by atoms with Crippen LogP contribution in [0.25, 0.3) is 0 Å². The van der Waals surface area contributed by atoms with E-state index in [1.54, 1.807) is 19.1 Å². The highest BCUT2D eigenvalue weighted by Crippen LogP contribution is 2.14. The number of aryl methyl sites for hydroxylation is 1. The largest absolute Gasteiger partial charge is 0.460 e. The van der Waals surface area contributed by atoms with Crippen molar-refractivity contribution in [1.82, 2.24) is 4.90 Å². The van der Waals surface area contributed by atoms with Crippen LogP contribution in [0.1, 0.15) is 12.5 Å². The zero-order valence-corrected chi connectivity index (χ0v) is 12.8. The number of nitrogens with zero attached hydrogens (tertiary/aromatic N) is 2. The fraction of sp³-hybridized carbons (Fsp3) is 0.385. The summed E-state index contributed by atoms with van der Waals surface area (Å²) in [6.45, 7) is 3.64. The van der Waals surface area contributed by atoms with Gasteiger partial charge in [-0.05, 0) is 26.0 Å². The molecule has 0 bridgehead atoms. The van der Waals surface area contributed by atoms with E-state index in [-0.39, 0.29) is 17.3 Å². The van der Waals surface area contributed by atoms with Crippen molar-refractivity contribution < 1.29 is 17.9 Å². The molecule has 0 aliphatic heterocycles. The first kappa shape index (κ1) is 16.2. The molecule has 110 valence electrons. The summed E-state index contributed by atoms with van der Waals surface area (Å²) in [5.74, 6) is -1.03. The SMILES string of the molecule is CCOC(=O)C(=NS(=O)(=O)c1ccc(C)cc1)N(C)C. The van der Waals surface area contributed by atoms with Crippen molar-refractivity contribution in [1.29, 1.82) is 0 Å². The zero-order valence-electron chi connectivity index (χ0n) is 12.0. The van der Waals surface area contributed by atoms with Gasteiger partial charge >= 0.3 is 5.97 Å². The number of benzene rings is 1. The average molecular weight is 298 g/mol. The van der Waals surface area contributed by atoms with Gasteiger partial charge in [0.2, 0.25) is 5.84 Å². The van der Waals surface area contributed by atoms with Gasteiger partial charge in [-0.1, -0.05) is 17.7 Å². The number of esters is 1. The van der Waals surface area contributed by atoms with E-state index in [1.165, 1.54) is 31.1 Å². The molecule has 0 heterocycles. The third kappa shape index (κ3) is 4.06. The van der Waals surface area contributed by atoms with Gasteiger partial charge in [-0.15, -0.1) is 4.40 Å². The molecule has 0 aromatic heterocycles. The van der Waals surface area contributed by atoms with Crippen LogP contribution in [0.5, 0.6) is 0 Å². The molecule has 1 aromatic carbocycles. The summed E-state index contributed by atoms with van der Waals surface area (Å²) in [7, 11) is -0.883. The summed E-state index contributed by atoms with van der Waals surface area (Å²) < 4.78 is 32.6. The van der Waals surface area contributed by atoms with Crippen molar-refractivity contribution in [2.75, 3.05) is 20.7 Å². The maximum absolute atomic E-state index is 12.1. The van der Waals surface area contributed by atoms with E-state index in [0.29, 0.717) is 0 Å². The lowest BCUT2D eigenvalue weighted by Crippen LogP contribution is -2.32. The molecule has 0 fully saturated rings. The van der Waals surface area contributed by atoms with Crippen LogP contribution in [-0.4, -0.2) is 45.8 Å². The molecular weight excluding hydrogens is 280 g/mol. The number of carbonyl (C=O) groups is 1. The molecule has 7 heteroatoms. The first-order chi connectivity index (χ1) is 9.27. The third-order valence-corrected chi connectivity index (χ3v) is 3.69. The van der Waals surface area contributed by atoms with Crippen LogP contribution in [0.4, 0.5) is 0 Å². The number of sulfonamides is 1. The van der Waals surface area contributed by atoms with Crippen molar-refractivity contribution in [2.45, 2.75) is 18.7 Å². The summed E-state index contributed by atoms with van der Waals surface area (Å²) in [6.07, 6.45) is 0. The lowest BCUT2D eigenvalue weighted by molar-refractivity contribution is -0.135. The molecule has 6 nitrogen and oxygen atoms in total. The zero-order chi connectivity index (χ0) is 15.3. The Morgan fingerprint density at radius 3 is 2.25 bits per heavy atom. The molecule has 0 amide bonds. The summed E-state index contributed by atoms with van der Waals surface area (Å²) in [5.41, 5.74) is 0.936. The summed E-state index contributed by atoms with van der Waals surface area (Å²) in [4.78, 5) is 13.0. The van der Waals surface area contributed by atoms with Crippen molar-refractivity contribution in [3.8, 4) is 0 Å². The molecule has 0 N–H and O–H groups in total. The Labute approximate surface area is 119 Å². The van der Waals surface area contributed by atoms with Gasteiger partial charge in [0.1, 0.15) is 0 Å². The molecule has 0 unspecified atom stereocenters. The lowest BCUT2D eigenvalue weighted by Gasteiger charge is -2.13. The summed E-state index contributed by atoms with van der Waals surface area (Å²) in [6, 6.07) is 6.24. The van der Waals surface area contributed by atoms with Crippen molar-refractivity contribution in [2.24, 2.45) is 4.40 Å². The van der Waals surface area contributed by atoms with Gasteiger partial charge in [-0.3, -0.25) is 0 Å². The molecular formula is C13H18N2O4S. The molecule has 0 saturated carbocycles. The molecule has 1 aromatic rings. The summed E-state index contributed by atoms with van der Waals surface area (Å²) >= 11 is 0. The number of rotatable bonds is 3. The molecule has 1 rings (SSSR count). The minimum atomic E-state index is -3.94. The van der Waals surface area contributed by atoms with Crippen LogP contribution < -0.4 is 0 Å². The van der Waals surface area contributed by atoms with Crippen molar-refractivity contribution in [3.63, 3.8) is 0 Å². The highest BCUT2D eigenvalue weighted by Gasteiger charge is 2.21. The highest BCUT2D eigenvalue weighted by atomic mass is 32.2. The smallest absolute Gasteiger partial charge is 0.375 e.